The highest BCUT2D eigenvalue weighted by Crippen LogP contribution is 2.17. The van der Waals surface area contributed by atoms with E-state index in [-0.39, 0.29) is 0 Å². The Bertz CT molecular complexity index is 703. The smallest absolute Gasteiger partial charge is 0.191 e. The number of hydrogen-bond acceptors (Lipinski definition) is 3. The molecule has 1 heterocycles. The van der Waals surface area contributed by atoms with Crippen molar-refractivity contribution in [3.8, 4) is 0 Å². The lowest BCUT2D eigenvalue weighted by Crippen LogP contribution is -2.38. The maximum Gasteiger partial charge on any atom is 0.191 e. The summed E-state index contributed by atoms with van der Waals surface area (Å²) in [7, 11) is 0. The van der Waals surface area contributed by atoms with Gasteiger partial charge in [0.25, 0.3) is 0 Å². The molecule has 5 heteroatoms. The number of benzene rings is 1. The van der Waals surface area contributed by atoms with Gasteiger partial charge < -0.3 is 10.6 Å². The van der Waals surface area contributed by atoms with Crippen LogP contribution >= 0.6 is 11.3 Å². The maximum atomic E-state index is 4.69. The summed E-state index contributed by atoms with van der Waals surface area (Å²) >= 11 is 1.72. The van der Waals surface area contributed by atoms with Crippen LogP contribution in [0.4, 0.5) is 0 Å². The zero-order valence-corrected chi connectivity index (χ0v) is 16.2. The highest BCUT2D eigenvalue weighted by molar-refractivity contribution is 7.11. The first kappa shape index (κ1) is 18.5. The Labute approximate surface area is 149 Å². The quantitative estimate of drug-likeness (QED) is 0.621. The van der Waals surface area contributed by atoms with Crippen LogP contribution in [0.2, 0.25) is 0 Å². The van der Waals surface area contributed by atoms with Crippen LogP contribution in [0.15, 0.2) is 23.2 Å². The summed E-state index contributed by atoms with van der Waals surface area (Å²) in [6, 6.07) is 6.64. The van der Waals surface area contributed by atoms with E-state index >= 15 is 0 Å². The number of nitrogens with one attached hydrogen (secondary N) is 2. The van der Waals surface area contributed by atoms with Crippen LogP contribution in [0.3, 0.4) is 0 Å². The van der Waals surface area contributed by atoms with Crippen LogP contribution in [0.1, 0.15) is 39.2 Å². The summed E-state index contributed by atoms with van der Waals surface area (Å²) in [6.07, 6.45) is 0.995. The third kappa shape index (κ3) is 5.34. The predicted molar refractivity (Wildman–Crippen MR) is 104 cm³/mol. The van der Waals surface area contributed by atoms with Gasteiger partial charge in [-0.15, -0.1) is 11.3 Å². The molecule has 0 fully saturated rings. The molecule has 2 rings (SSSR count). The summed E-state index contributed by atoms with van der Waals surface area (Å²) < 4.78 is 0. The molecule has 2 aromatic rings. The molecular weight excluding hydrogens is 316 g/mol. The normalized spacial score (nSPS) is 11.6. The number of rotatable bonds is 6. The van der Waals surface area contributed by atoms with Gasteiger partial charge in [-0.3, -0.25) is 0 Å². The van der Waals surface area contributed by atoms with Gasteiger partial charge in [0.1, 0.15) is 0 Å². The minimum atomic E-state index is 0.677. The monoisotopic (exact) mass is 344 g/mol. The molecule has 0 aliphatic heterocycles. The van der Waals surface area contributed by atoms with E-state index in [9.17, 15) is 0 Å². The molecule has 0 atom stereocenters. The van der Waals surface area contributed by atoms with Crippen molar-refractivity contribution < 1.29 is 0 Å². The van der Waals surface area contributed by atoms with E-state index in [0.717, 1.165) is 36.2 Å². The zero-order chi connectivity index (χ0) is 17.5. The molecule has 1 aromatic heterocycles. The molecule has 0 saturated carbocycles. The molecule has 0 radical (unpaired) electrons. The molecule has 0 amide bonds. The molecule has 24 heavy (non-hydrogen) atoms. The summed E-state index contributed by atoms with van der Waals surface area (Å²) in [5.41, 5.74) is 5.15. The fraction of sp³-hybridized carbons (Fsp3) is 0.474. The second-order valence-electron chi connectivity index (χ2n) is 6.04. The van der Waals surface area contributed by atoms with Gasteiger partial charge in [-0.05, 0) is 52.2 Å². The number of aryl methyl sites for hydroxylation is 4. The molecule has 2 N–H and O–H groups in total. The van der Waals surface area contributed by atoms with E-state index in [2.05, 4.69) is 61.5 Å². The van der Waals surface area contributed by atoms with Crippen molar-refractivity contribution >= 4 is 17.3 Å². The predicted octanol–water partition coefficient (Wildman–Crippen LogP) is 3.67. The van der Waals surface area contributed by atoms with Crippen molar-refractivity contribution in [1.29, 1.82) is 0 Å². The molecule has 1 aromatic carbocycles. The number of nitrogens with zero attached hydrogens (tertiary/aromatic N) is 2. The lowest BCUT2D eigenvalue weighted by atomic mass is 10.0. The summed E-state index contributed by atoms with van der Waals surface area (Å²) in [5.74, 6) is 0.868. The highest BCUT2D eigenvalue weighted by Gasteiger charge is 2.05. The number of guanidine groups is 1. The third-order valence-electron chi connectivity index (χ3n) is 3.91. The fourth-order valence-electron chi connectivity index (χ4n) is 2.65. The van der Waals surface area contributed by atoms with Gasteiger partial charge in [0.15, 0.2) is 5.96 Å². The van der Waals surface area contributed by atoms with Gasteiger partial charge in [-0.25, -0.2) is 9.98 Å². The Hall–Kier alpha value is -1.88. The van der Waals surface area contributed by atoms with E-state index in [1.54, 1.807) is 11.3 Å². The number of hydrogen-bond donors (Lipinski definition) is 2. The zero-order valence-electron chi connectivity index (χ0n) is 15.4. The minimum absolute atomic E-state index is 0.677. The molecule has 0 bridgehead atoms. The van der Waals surface area contributed by atoms with Crippen LogP contribution in [0.5, 0.6) is 0 Å². The second-order valence-corrected chi connectivity index (χ2v) is 7.33. The van der Waals surface area contributed by atoms with Gasteiger partial charge in [0.05, 0.1) is 17.2 Å². The summed E-state index contributed by atoms with van der Waals surface area (Å²) in [5, 5.41) is 7.85. The van der Waals surface area contributed by atoms with E-state index in [1.165, 1.54) is 21.6 Å². The Morgan fingerprint density at radius 2 is 1.96 bits per heavy atom. The van der Waals surface area contributed by atoms with Crippen LogP contribution in [0, 0.1) is 27.7 Å². The van der Waals surface area contributed by atoms with Crippen molar-refractivity contribution in [3.05, 3.63) is 50.5 Å². The largest absolute Gasteiger partial charge is 0.357 e. The number of aliphatic imine (C=N–C) groups is 1. The summed E-state index contributed by atoms with van der Waals surface area (Å²) in [4.78, 5) is 10.4. The van der Waals surface area contributed by atoms with E-state index in [0.29, 0.717) is 6.54 Å². The van der Waals surface area contributed by atoms with Crippen molar-refractivity contribution in [2.45, 2.75) is 47.6 Å². The van der Waals surface area contributed by atoms with E-state index in [1.807, 2.05) is 6.92 Å². The van der Waals surface area contributed by atoms with Gasteiger partial charge in [-0.2, -0.15) is 0 Å². The third-order valence-corrected chi connectivity index (χ3v) is 4.97. The van der Waals surface area contributed by atoms with Crippen LogP contribution < -0.4 is 10.6 Å². The lowest BCUT2D eigenvalue weighted by molar-refractivity contribution is 0.797. The Kier molecular flexibility index (Phi) is 6.79. The maximum absolute atomic E-state index is 4.69. The van der Waals surface area contributed by atoms with E-state index in [4.69, 9.17) is 4.99 Å². The molecule has 0 saturated heterocycles. The van der Waals surface area contributed by atoms with Gasteiger partial charge in [-0.1, -0.05) is 23.8 Å². The molecule has 0 spiro atoms. The molecule has 0 aliphatic rings. The van der Waals surface area contributed by atoms with Crippen molar-refractivity contribution in [2.24, 2.45) is 4.99 Å². The van der Waals surface area contributed by atoms with Crippen molar-refractivity contribution in [2.75, 3.05) is 13.1 Å². The lowest BCUT2D eigenvalue weighted by Gasteiger charge is -2.12. The molecular formula is C19H28N4S. The minimum Gasteiger partial charge on any atom is -0.357 e. The Balaban J connectivity index is 1.93. The fourth-order valence-corrected chi connectivity index (χ4v) is 3.52. The van der Waals surface area contributed by atoms with Crippen LogP contribution in [-0.2, 0) is 13.0 Å². The molecule has 4 nitrogen and oxygen atoms in total. The Morgan fingerprint density at radius 1 is 1.17 bits per heavy atom. The Morgan fingerprint density at radius 3 is 2.58 bits per heavy atom. The average molecular weight is 345 g/mol. The van der Waals surface area contributed by atoms with Crippen molar-refractivity contribution in [1.82, 2.24) is 15.6 Å². The van der Waals surface area contributed by atoms with Crippen LogP contribution in [0.25, 0.3) is 0 Å². The SMILES string of the molecule is CCNC(=NCc1sc(C)nc1C)NCCc1ccc(C)cc1C. The molecule has 0 aliphatic carbocycles. The topological polar surface area (TPSA) is 49.3 Å². The average Bonchev–Trinajstić information content (AvgIpc) is 2.84. The number of aromatic nitrogens is 1. The first-order chi connectivity index (χ1) is 11.5. The highest BCUT2D eigenvalue weighted by atomic mass is 32.1. The second kappa shape index (κ2) is 8.83. The van der Waals surface area contributed by atoms with Gasteiger partial charge in [0.2, 0.25) is 0 Å². The van der Waals surface area contributed by atoms with Gasteiger partial charge in [0, 0.05) is 18.0 Å². The molecule has 130 valence electrons. The first-order valence-corrected chi connectivity index (χ1v) is 9.32. The van der Waals surface area contributed by atoms with Gasteiger partial charge >= 0.3 is 0 Å². The van der Waals surface area contributed by atoms with Crippen molar-refractivity contribution in [3.63, 3.8) is 0 Å². The number of thiazole rings is 1. The van der Waals surface area contributed by atoms with Crippen LogP contribution in [-0.4, -0.2) is 24.0 Å². The first-order valence-electron chi connectivity index (χ1n) is 8.50. The van der Waals surface area contributed by atoms with E-state index < -0.39 is 0 Å². The standard InChI is InChI=1S/C19H28N4S/c1-6-20-19(22-12-18-15(4)23-16(5)24-18)21-10-9-17-8-7-13(2)11-14(17)3/h7-8,11H,6,9-10,12H2,1-5H3,(H2,20,21,22). The summed E-state index contributed by atoms with van der Waals surface area (Å²) in [6.45, 7) is 12.9. The molecule has 0 unspecified atom stereocenters.